The van der Waals surface area contributed by atoms with Gasteiger partial charge in [-0.3, -0.25) is 4.79 Å². The molecule has 0 radical (unpaired) electrons. The fourth-order valence-corrected chi connectivity index (χ4v) is 1.50. The van der Waals surface area contributed by atoms with Crippen LogP contribution in [-0.4, -0.2) is 11.1 Å². The first kappa shape index (κ1) is 11.8. The van der Waals surface area contributed by atoms with Crippen LogP contribution < -0.4 is 0 Å². The summed E-state index contributed by atoms with van der Waals surface area (Å²) in [5.41, 5.74) is 2.17. The normalized spacial score (nSPS) is 12.4. The van der Waals surface area contributed by atoms with Crippen LogP contribution in [0.15, 0.2) is 24.3 Å². The van der Waals surface area contributed by atoms with Crippen molar-refractivity contribution >= 4 is 5.97 Å². The fraction of sp³-hybridized carbons (Fsp3) is 0.462. The molecule has 0 aliphatic heterocycles. The summed E-state index contributed by atoms with van der Waals surface area (Å²) in [6.45, 7) is 3.88. The molecule has 15 heavy (non-hydrogen) atoms. The SMILES string of the molecule is CCCCc1ccc([C@@H](C)C(=O)O)cc1. The maximum Gasteiger partial charge on any atom is 0.310 e. The van der Waals surface area contributed by atoms with Gasteiger partial charge < -0.3 is 5.11 Å². The monoisotopic (exact) mass is 206 g/mol. The molecule has 0 heterocycles. The van der Waals surface area contributed by atoms with Gasteiger partial charge >= 0.3 is 5.97 Å². The van der Waals surface area contributed by atoms with Crippen molar-refractivity contribution in [1.82, 2.24) is 0 Å². The number of carbonyl (C=O) groups is 1. The number of carboxylic acid groups (broad SMARTS) is 1. The minimum absolute atomic E-state index is 0.412. The van der Waals surface area contributed by atoms with Crippen LogP contribution in [0.4, 0.5) is 0 Å². The zero-order valence-electron chi connectivity index (χ0n) is 9.36. The van der Waals surface area contributed by atoms with Crippen molar-refractivity contribution < 1.29 is 9.90 Å². The molecular formula is C13H18O2. The number of aryl methyl sites for hydroxylation is 1. The van der Waals surface area contributed by atoms with Crippen molar-refractivity contribution in [2.45, 2.75) is 39.0 Å². The summed E-state index contributed by atoms with van der Waals surface area (Å²) in [6, 6.07) is 7.91. The van der Waals surface area contributed by atoms with E-state index in [1.807, 2.05) is 24.3 Å². The third-order valence-electron chi connectivity index (χ3n) is 2.67. The van der Waals surface area contributed by atoms with E-state index in [4.69, 9.17) is 5.11 Å². The molecule has 0 saturated carbocycles. The van der Waals surface area contributed by atoms with Crippen molar-refractivity contribution in [2.75, 3.05) is 0 Å². The number of benzene rings is 1. The lowest BCUT2D eigenvalue weighted by molar-refractivity contribution is -0.138. The van der Waals surface area contributed by atoms with Crippen molar-refractivity contribution in [3.8, 4) is 0 Å². The smallest absolute Gasteiger partial charge is 0.310 e. The van der Waals surface area contributed by atoms with Gasteiger partial charge in [0.1, 0.15) is 0 Å². The molecule has 0 aromatic heterocycles. The zero-order valence-corrected chi connectivity index (χ0v) is 9.36. The van der Waals surface area contributed by atoms with Crippen molar-refractivity contribution in [3.05, 3.63) is 35.4 Å². The first-order valence-corrected chi connectivity index (χ1v) is 5.46. The second-order valence-electron chi connectivity index (χ2n) is 3.91. The van der Waals surface area contributed by atoms with Gasteiger partial charge in [-0.15, -0.1) is 0 Å². The average Bonchev–Trinajstić information content (AvgIpc) is 2.26. The van der Waals surface area contributed by atoms with Crippen LogP contribution >= 0.6 is 0 Å². The molecule has 1 atom stereocenters. The van der Waals surface area contributed by atoms with Crippen LogP contribution in [0, 0.1) is 0 Å². The summed E-state index contributed by atoms with van der Waals surface area (Å²) < 4.78 is 0. The van der Waals surface area contributed by atoms with Crippen molar-refractivity contribution in [2.24, 2.45) is 0 Å². The highest BCUT2D eigenvalue weighted by atomic mass is 16.4. The predicted molar refractivity (Wildman–Crippen MR) is 61.1 cm³/mol. The number of carboxylic acids is 1. The Hall–Kier alpha value is -1.31. The molecular weight excluding hydrogens is 188 g/mol. The predicted octanol–water partition coefficient (Wildman–Crippen LogP) is 3.22. The summed E-state index contributed by atoms with van der Waals surface area (Å²) in [7, 11) is 0. The molecule has 82 valence electrons. The topological polar surface area (TPSA) is 37.3 Å². The summed E-state index contributed by atoms with van der Waals surface area (Å²) in [5, 5.41) is 8.85. The Kier molecular flexibility index (Phi) is 4.35. The molecule has 1 aromatic carbocycles. The van der Waals surface area contributed by atoms with Crippen LogP contribution in [0.25, 0.3) is 0 Å². The van der Waals surface area contributed by atoms with Crippen molar-refractivity contribution in [1.29, 1.82) is 0 Å². The van der Waals surface area contributed by atoms with Gasteiger partial charge in [0.25, 0.3) is 0 Å². The summed E-state index contributed by atoms with van der Waals surface area (Å²) in [4.78, 5) is 10.8. The van der Waals surface area contributed by atoms with Crippen LogP contribution in [-0.2, 0) is 11.2 Å². The van der Waals surface area contributed by atoms with Crippen LogP contribution in [0.2, 0.25) is 0 Å². The van der Waals surface area contributed by atoms with Gasteiger partial charge in [-0.05, 0) is 30.9 Å². The van der Waals surface area contributed by atoms with E-state index in [0.29, 0.717) is 0 Å². The molecule has 0 fully saturated rings. The molecule has 1 rings (SSSR count). The molecule has 2 heteroatoms. The van der Waals surface area contributed by atoms with Crippen LogP contribution in [0.5, 0.6) is 0 Å². The highest BCUT2D eigenvalue weighted by Crippen LogP contribution is 2.16. The summed E-state index contributed by atoms with van der Waals surface area (Å²) in [6.07, 6.45) is 3.46. The van der Waals surface area contributed by atoms with Crippen molar-refractivity contribution in [3.63, 3.8) is 0 Å². The number of rotatable bonds is 5. The average molecular weight is 206 g/mol. The Labute approximate surface area is 90.9 Å². The number of aliphatic carboxylic acids is 1. The lowest BCUT2D eigenvalue weighted by Gasteiger charge is -2.07. The van der Waals surface area contributed by atoms with E-state index in [0.717, 1.165) is 12.0 Å². The molecule has 0 saturated heterocycles. The third kappa shape index (κ3) is 3.39. The van der Waals surface area contributed by atoms with E-state index in [-0.39, 0.29) is 0 Å². The van der Waals surface area contributed by atoms with Gasteiger partial charge in [0.15, 0.2) is 0 Å². The number of hydrogen-bond donors (Lipinski definition) is 1. The minimum atomic E-state index is -0.767. The Morgan fingerprint density at radius 2 is 1.93 bits per heavy atom. The quantitative estimate of drug-likeness (QED) is 0.803. The zero-order chi connectivity index (χ0) is 11.3. The molecule has 0 amide bonds. The van der Waals surface area contributed by atoms with E-state index in [1.54, 1.807) is 6.92 Å². The van der Waals surface area contributed by atoms with Gasteiger partial charge in [-0.25, -0.2) is 0 Å². The second kappa shape index (κ2) is 5.54. The summed E-state index contributed by atoms with van der Waals surface area (Å²) in [5.74, 6) is -1.18. The van der Waals surface area contributed by atoms with E-state index >= 15 is 0 Å². The van der Waals surface area contributed by atoms with Crippen LogP contribution in [0.1, 0.15) is 43.7 Å². The largest absolute Gasteiger partial charge is 0.481 e. The Morgan fingerprint density at radius 3 is 2.40 bits per heavy atom. The van der Waals surface area contributed by atoms with Gasteiger partial charge in [0.2, 0.25) is 0 Å². The van der Waals surface area contributed by atoms with Gasteiger partial charge in [-0.2, -0.15) is 0 Å². The summed E-state index contributed by atoms with van der Waals surface area (Å²) >= 11 is 0. The molecule has 1 N–H and O–H groups in total. The lowest BCUT2D eigenvalue weighted by atomic mass is 9.99. The highest BCUT2D eigenvalue weighted by molar-refractivity contribution is 5.75. The van der Waals surface area contributed by atoms with Gasteiger partial charge in [0.05, 0.1) is 5.92 Å². The molecule has 2 nitrogen and oxygen atoms in total. The third-order valence-corrected chi connectivity index (χ3v) is 2.67. The van der Waals surface area contributed by atoms with E-state index in [1.165, 1.54) is 18.4 Å². The molecule has 0 spiro atoms. The first-order valence-electron chi connectivity index (χ1n) is 5.46. The Morgan fingerprint density at radius 1 is 1.33 bits per heavy atom. The van der Waals surface area contributed by atoms with E-state index in [9.17, 15) is 4.79 Å². The first-order chi connectivity index (χ1) is 7.15. The fourth-order valence-electron chi connectivity index (χ4n) is 1.50. The molecule has 0 unspecified atom stereocenters. The number of hydrogen-bond acceptors (Lipinski definition) is 1. The van der Waals surface area contributed by atoms with E-state index in [2.05, 4.69) is 6.92 Å². The maximum atomic E-state index is 10.8. The van der Waals surface area contributed by atoms with Gasteiger partial charge in [0, 0.05) is 0 Å². The Bertz CT molecular complexity index is 314. The highest BCUT2D eigenvalue weighted by Gasteiger charge is 2.12. The second-order valence-corrected chi connectivity index (χ2v) is 3.91. The number of unbranched alkanes of at least 4 members (excludes halogenated alkanes) is 1. The molecule has 0 bridgehead atoms. The standard InChI is InChI=1S/C13H18O2/c1-3-4-5-11-6-8-12(9-7-11)10(2)13(14)15/h6-10H,3-5H2,1-2H3,(H,14,15)/t10-/m1/s1. The Balaban J connectivity index is 2.67. The molecule has 1 aromatic rings. The maximum absolute atomic E-state index is 10.8. The van der Waals surface area contributed by atoms with E-state index < -0.39 is 11.9 Å². The minimum Gasteiger partial charge on any atom is -0.481 e. The van der Waals surface area contributed by atoms with Gasteiger partial charge in [-0.1, -0.05) is 37.6 Å². The van der Waals surface area contributed by atoms with Crippen LogP contribution in [0.3, 0.4) is 0 Å². The lowest BCUT2D eigenvalue weighted by Crippen LogP contribution is -2.07. The molecule has 0 aliphatic rings. The molecule has 0 aliphatic carbocycles.